The lowest BCUT2D eigenvalue weighted by atomic mass is 10.0. The summed E-state index contributed by atoms with van der Waals surface area (Å²) in [4.78, 5) is 39.2. The van der Waals surface area contributed by atoms with Crippen LogP contribution in [0.1, 0.15) is 71.1 Å². The third kappa shape index (κ3) is 7.53. The molecule has 48 heavy (non-hydrogen) atoms. The van der Waals surface area contributed by atoms with Crippen molar-refractivity contribution in [2.24, 2.45) is 0 Å². The Morgan fingerprint density at radius 1 is 1.15 bits per heavy atom. The lowest BCUT2D eigenvalue weighted by Gasteiger charge is -2.28. The molecule has 0 spiro atoms. The van der Waals surface area contributed by atoms with Crippen LogP contribution in [0.2, 0.25) is 5.02 Å². The number of aryl methyl sites for hydroxylation is 3. The highest BCUT2D eigenvalue weighted by molar-refractivity contribution is 6.32. The number of rotatable bonds is 14. The molecule has 248 valence electrons. The smallest absolute Gasteiger partial charge is 0.254 e. The molecule has 1 aliphatic heterocycles. The molecule has 0 bridgehead atoms. The van der Waals surface area contributed by atoms with Gasteiger partial charge in [0.2, 0.25) is 12.3 Å². The number of aromatic nitrogens is 1. The van der Waals surface area contributed by atoms with Crippen molar-refractivity contribution >= 4 is 46.9 Å². The number of carbonyl (C=O) groups is 3. The first-order valence-corrected chi connectivity index (χ1v) is 16.4. The van der Waals surface area contributed by atoms with Gasteiger partial charge < -0.3 is 19.6 Å². The molecular weight excluding hydrogens is 628 g/mol. The Hall–Kier alpha value is -5.14. The van der Waals surface area contributed by atoms with E-state index in [1.165, 1.54) is 0 Å². The zero-order valence-electron chi connectivity index (χ0n) is 27.6. The summed E-state index contributed by atoms with van der Waals surface area (Å²) in [5.41, 5.74) is 8.87. The largest absolute Gasteiger partial charge is 0.385 e. The van der Waals surface area contributed by atoms with Gasteiger partial charge >= 0.3 is 0 Å². The number of nitrogens with one attached hydrogen (secondary N) is 2. The van der Waals surface area contributed by atoms with Gasteiger partial charge in [0.15, 0.2) is 0 Å². The molecule has 1 aromatic heterocycles. The summed E-state index contributed by atoms with van der Waals surface area (Å²) >= 11 is 6.49. The Morgan fingerprint density at radius 2 is 1.96 bits per heavy atom. The monoisotopic (exact) mass is 666 g/mol. The number of imide groups is 1. The van der Waals surface area contributed by atoms with Crippen molar-refractivity contribution in [3.8, 4) is 17.2 Å². The molecule has 3 aromatic carbocycles. The minimum absolute atomic E-state index is 0.0449. The zero-order valence-corrected chi connectivity index (χ0v) is 28.4. The summed E-state index contributed by atoms with van der Waals surface area (Å²) in [6, 6.07) is 19.7. The van der Waals surface area contributed by atoms with Gasteiger partial charge in [-0.25, -0.2) is 0 Å². The molecule has 0 radical (unpaired) electrons. The molecule has 2 N–H and O–H groups in total. The Bertz CT molecular complexity index is 1860. The molecule has 0 saturated carbocycles. The van der Waals surface area contributed by atoms with Crippen LogP contribution in [-0.2, 0) is 16.1 Å². The van der Waals surface area contributed by atoms with E-state index in [2.05, 4.69) is 51.9 Å². The molecule has 1 atom stereocenters. The predicted molar refractivity (Wildman–Crippen MR) is 186 cm³/mol. The molecule has 2 heterocycles. The summed E-state index contributed by atoms with van der Waals surface area (Å²) in [5.74, 6) is 0.369. The van der Waals surface area contributed by atoms with Crippen molar-refractivity contribution in [2.75, 3.05) is 23.3 Å². The fourth-order valence-corrected chi connectivity index (χ4v) is 6.39. The maximum Gasteiger partial charge on any atom is 0.254 e. The molecule has 11 heteroatoms. The van der Waals surface area contributed by atoms with Gasteiger partial charge in [-0.3, -0.25) is 19.7 Å². The van der Waals surface area contributed by atoms with Crippen molar-refractivity contribution in [2.45, 2.75) is 66.0 Å². The summed E-state index contributed by atoms with van der Waals surface area (Å²) in [7, 11) is 0. The number of benzene rings is 3. The Labute approximate surface area is 285 Å². The van der Waals surface area contributed by atoms with Crippen LogP contribution in [0.4, 0.5) is 17.1 Å². The molecule has 1 aliphatic rings. The van der Waals surface area contributed by atoms with Crippen molar-refractivity contribution in [1.82, 2.24) is 15.4 Å². The Kier molecular flexibility index (Phi) is 10.8. The first-order chi connectivity index (χ1) is 23.1. The second-order valence-electron chi connectivity index (χ2n) is 12.1. The van der Waals surface area contributed by atoms with E-state index >= 15 is 0 Å². The second-order valence-corrected chi connectivity index (χ2v) is 12.5. The van der Waals surface area contributed by atoms with Crippen LogP contribution in [0.3, 0.4) is 0 Å². The fourth-order valence-electron chi connectivity index (χ4n) is 6.17. The molecule has 0 aliphatic carbocycles. The van der Waals surface area contributed by atoms with E-state index < -0.39 is 0 Å². The SMILES string of the molecule is Cc1ccc(-c2c(C)noc2C)cc1N(CCCCNc1ccc2c(c1)CN(C(C)CCC(=O)NC=O)C2=O)c1ccc(C#N)c(Cl)c1. The van der Waals surface area contributed by atoms with E-state index in [4.69, 9.17) is 16.1 Å². The topological polar surface area (TPSA) is 132 Å². The number of hydrogen-bond donors (Lipinski definition) is 2. The highest BCUT2D eigenvalue weighted by Crippen LogP contribution is 2.36. The van der Waals surface area contributed by atoms with Gasteiger partial charge in [-0.15, -0.1) is 0 Å². The van der Waals surface area contributed by atoms with Crippen LogP contribution in [0.25, 0.3) is 11.1 Å². The highest BCUT2D eigenvalue weighted by Gasteiger charge is 2.31. The maximum atomic E-state index is 13.0. The van der Waals surface area contributed by atoms with Gasteiger partial charge in [-0.2, -0.15) is 5.26 Å². The average molecular weight is 667 g/mol. The van der Waals surface area contributed by atoms with E-state index in [0.29, 0.717) is 42.1 Å². The first kappa shape index (κ1) is 34.2. The van der Waals surface area contributed by atoms with Crippen LogP contribution in [0.15, 0.2) is 59.1 Å². The van der Waals surface area contributed by atoms with Crippen LogP contribution in [0, 0.1) is 32.1 Å². The average Bonchev–Trinajstić information content (AvgIpc) is 3.59. The normalized spacial score (nSPS) is 12.8. The second kappa shape index (κ2) is 15.2. The number of halogens is 1. The van der Waals surface area contributed by atoms with Gasteiger partial charge in [-0.1, -0.05) is 28.9 Å². The molecule has 4 aromatic rings. The van der Waals surface area contributed by atoms with Crippen molar-refractivity contribution in [3.63, 3.8) is 0 Å². The van der Waals surface area contributed by atoms with Gasteiger partial charge in [0.25, 0.3) is 5.91 Å². The van der Waals surface area contributed by atoms with E-state index in [-0.39, 0.29) is 24.3 Å². The van der Waals surface area contributed by atoms with E-state index in [1.54, 1.807) is 11.0 Å². The Morgan fingerprint density at radius 3 is 2.67 bits per heavy atom. The number of nitriles is 1. The third-order valence-electron chi connectivity index (χ3n) is 8.82. The van der Waals surface area contributed by atoms with E-state index in [9.17, 15) is 19.6 Å². The quantitative estimate of drug-likeness (QED) is 0.107. The molecule has 0 fully saturated rings. The number of hydrogen-bond acceptors (Lipinski definition) is 8. The molecule has 0 saturated heterocycles. The number of fused-ring (bicyclic) bond motifs is 1. The minimum atomic E-state index is -0.350. The van der Waals surface area contributed by atoms with Crippen molar-refractivity contribution in [1.29, 1.82) is 5.26 Å². The predicted octanol–water partition coefficient (Wildman–Crippen LogP) is 7.22. The summed E-state index contributed by atoms with van der Waals surface area (Å²) < 4.78 is 5.44. The first-order valence-electron chi connectivity index (χ1n) is 16.0. The molecule has 3 amide bonds. The van der Waals surface area contributed by atoms with Crippen molar-refractivity contribution in [3.05, 3.63) is 93.3 Å². The number of nitrogens with zero attached hydrogens (tertiary/aromatic N) is 4. The number of amides is 3. The Balaban J connectivity index is 1.25. The van der Waals surface area contributed by atoms with Gasteiger partial charge in [0.05, 0.1) is 16.3 Å². The summed E-state index contributed by atoms with van der Waals surface area (Å²) in [6.07, 6.45) is 2.77. The fraction of sp³-hybridized carbons (Fsp3) is 0.324. The summed E-state index contributed by atoms with van der Waals surface area (Å²) in [5, 5.41) is 19.6. The third-order valence-corrected chi connectivity index (χ3v) is 9.14. The summed E-state index contributed by atoms with van der Waals surface area (Å²) in [6.45, 7) is 9.78. The van der Waals surface area contributed by atoms with Crippen LogP contribution in [-0.4, -0.2) is 47.4 Å². The number of unbranched alkanes of at least 4 members (excludes halogenated alkanes) is 1. The number of anilines is 3. The lowest BCUT2D eigenvalue weighted by Crippen LogP contribution is -2.34. The molecule has 1 unspecified atom stereocenters. The maximum absolute atomic E-state index is 13.0. The van der Waals surface area contributed by atoms with Crippen LogP contribution < -0.4 is 15.5 Å². The van der Waals surface area contributed by atoms with E-state index in [1.807, 2.05) is 51.1 Å². The van der Waals surface area contributed by atoms with Crippen molar-refractivity contribution < 1.29 is 18.9 Å². The minimum Gasteiger partial charge on any atom is -0.385 e. The van der Waals surface area contributed by atoms with Gasteiger partial charge in [0.1, 0.15) is 11.8 Å². The highest BCUT2D eigenvalue weighted by atomic mass is 35.5. The molecule has 5 rings (SSSR count). The van der Waals surface area contributed by atoms with Gasteiger partial charge in [0, 0.05) is 60.3 Å². The molecular formula is C37H39ClN6O4. The van der Waals surface area contributed by atoms with Gasteiger partial charge in [-0.05, 0) is 106 Å². The lowest BCUT2D eigenvalue weighted by molar-refractivity contribution is -0.125. The van der Waals surface area contributed by atoms with E-state index in [0.717, 1.165) is 70.2 Å². The zero-order chi connectivity index (χ0) is 34.4. The molecule has 10 nitrogen and oxygen atoms in total. The number of carbonyl (C=O) groups excluding carboxylic acids is 3. The van der Waals surface area contributed by atoms with Crippen LogP contribution >= 0.6 is 11.6 Å². The van der Waals surface area contributed by atoms with Crippen LogP contribution in [0.5, 0.6) is 0 Å². The standard InChI is InChI=1S/C37H39ClN6O4/c1-23-7-9-27(36-25(3)42-48-26(36)4)18-34(23)43(31-12-10-28(20-39)33(38)19-31)16-6-5-15-40-30-11-13-32-29(17-30)21-44(37(32)47)24(2)8-14-35(46)41-22-45/h7,9-13,17-19,22,24,40H,5-6,8,14-16,21H2,1-4H3,(H,41,45,46).